The van der Waals surface area contributed by atoms with Crippen LogP contribution in [0.4, 0.5) is 5.69 Å². The van der Waals surface area contributed by atoms with Gasteiger partial charge in [-0.25, -0.2) is 0 Å². The number of aliphatic hydroxyl groups excluding tert-OH is 1. The molecule has 4 rings (SSSR count). The molecule has 2 aromatic rings. The molecule has 6 heteroatoms. The summed E-state index contributed by atoms with van der Waals surface area (Å²) in [5, 5.41) is 13.2. The molecule has 0 aliphatic carbocycles. The molecule has 3 heterocycles. The molecular weight excluding hydrogens is 354 g/mol. The van der Waals surface area contributed by atoms with Crippen molar-refractivity contribution >= 4 is 17.5 Å². The summed E-state index contributed by atoms with van der Waals surface area (Å²) in [6, 6.07) is 12.5. The van der Waals surface area contributed by atoms with Crippen LogP contribution >= 0.6 is 0 Å². The fourth-order valence-electron chi connectivity index (χ4n) is 4.89. The first-order valence-electron chi connectivity index (χ1n) is 9.76. The average Bonchev–Trinajstić information content (AvgIpc) is 3.17. The summed E-state index contributed by atoms with van der Waals surface area (Å²) in [7, 11) is 0. The molecule has 28 heavy (non-hydrogen) atoms. The minimum Gasteiger partial charge on any atom is -0.396 e. The molecule has 1 spiro atoms. The van der Waals surface area contributed by atoms with Gasteiger partial charge in [-0.05, 0) is 37.0 Å². The third-order valence-corrected chi connectivity index (χ3v) is 5.89. The molecule has 146 valence electrons. The number of nitrogens with one attached hydrogen (secondary N) is 1. The van der Waals surface area contributed by atoms with E-state index in [-0.39, 0.29) is 30.4 Å². The van der Waals surface area contributed by atoms with Crippen LogP contribution in [0.1, 0.15) is 42.7 Å². The molecule has 2 aliphatic rings. The number of aromatic nitrogens is 1. The molecule has 0 radical (unpaired) electrons. The van der Waals surface area contributed by atoms with E-state index in [1.807, 2.05) is 24.3 Å². The number of anilines is 1. The van der Waals surface area contributed by atoms with Gasteiger partial charge in [0.25, 0.3) is 11.8 Å². The topological polar surface area (TPSA) is 82.5 Å². The monoisotopic (exact) mass is 379 g/mol. The normalized spacial score (nSPS) is 26.0. The molecule has 2 amide bonds. The Labute approximate surface area is 164 Å². The second kappa shape index (κ2) is 7.02. The van der Waals surface area contributed by atoms with E-state index >= 15 is 0 Å². The zero-order valence-electron chi connectivity index (χ0n) is 16.1. The minimum atomic E-state index is -1.21. The van der Waals surface area contributed by atoms with Crippen LogP contribution in [-0.4, -0.2) is 39.5 Å². The molecule has 0 bridgehead atoms. The highest BCUT2D eigenvalue weighted by atomic mass is 16.3. The number of likely N-dealkylation sites (tertiary alicyclic amines) is 1. The number of carbonyl (C=O) groups is 2. The highest BCUT2D eigenvalue weighted by Gasteiger charge is 2.63. The van der Waals surface area contributed by atoms with Gasteiger partial charge in [-0.1, -0.05) is 38.1 Å². The number of hydrogen-bond donors (Lipinski definition) is 2. The Morgan fingerprint density at radius 2 is 2.04 bits per heavy atom. The highest BCUT2D eigenvalue weighted by molar-refractivity contribution is 6.10. The molecule has 1 saturated heterocycles. The van der Waals surface area contributed by atoms with Crippen molar-refractivity contribution in [2.24, 2.45) is 11.8 Å². The van der Waals surface area contributed by atoms with Crippen LogP contribution in [0, 0.1) is 11.8 Å². The van der Waals surface area contributed by atoms with Crippen LogP contribution in [0.5, 0.6) is 0 Å². The lowest BCUT2D eigenvalue weighted by Gasteiger charge is -2.39. The van der Waals surface area contributed by atoms with E-state index < -0.39 is 5.54 Å². The zero-order valence-corrected chi connectivity index (χ0v) is 16.1. The van der Waals surface area contributed by atoms with Crippen LogP contribution in [-0.2, 0) is 10.3 Å². The lowest BCUT2D eigenvalue weighted by molar-refractivity contribution is -0.128. The number of hydrogen-bond acceptors (Lipinski definition) is 4. The van der Waals surface area contributed by atoms with E-state index in [2.05, 4.69) is 24.1 Å². The van der Waals surface area contributed by atoms with E-state index in [9.17, 15) is 14.7 Å². The third-order valence-electron chi connectivity index (χ3n) is 5.89. The number of rotatable bonds is 4. The summed E-state index contributed by atoms with van der Waals surface area (Å²) in [4.78, 5) is 32.9. The van der Waals surface area contributed by atoms with Crippen molar-refractivity contribution in [1.29, 1.82) is 0 Å². The van der Waals surface area contributed by atoms with Crippen molar-refractivity contribution in [2.75, 3.05) is 11.9 Å². The van der Waals surface area contributed by atoms with Gasteiger partial charge in [0, 0.05) is 36.0 Å². The SMILES string of the molecule is CC(C)C[C@H]1C[C@@H](CO)[C@]2(C(=O)Nc3ccccc32)N1C(=O)c1ccccn1. The van der Waals surface area contributed by atoms with E-state index in [4.69, 9.17) is 0 Å². The Balaban J connectivity index is 1.91. The van der Waals surface area contributed by atoms with Gasteiger partial charge in [-0.2, -0.15) is 0 Å². The predicted molar refractivity (Wildman–Crippen MR) is 106 cm³/mol. The Morgan fingerprint density at radius 1 is 1.29 bits per heavy atom. The summed E-state index contributed by atoms with van der Waals surface area (Å²) < 4.78 is 0. The number of benzene rings is 1. The number of para-hydroxylation sites is 1. The molecular formula is C22H25N3O3. The zero-order chi connectivity index (χ0) is 19.9. The van der Waals surface area contributed by atoms with Crippen molar-refractivity contribution in [3.63, 3.8) is 0 Å². The number of aliphatic hydroxyl groups is 1. The van der Waals surface area contributed by atoms with Gasteiger partial charge < -0.3 is 15.3 Å². The minimum absolute atomic E-state index is 0.149. The first-order valence-corrected chi connectivity index (χ1v) is 9.76. The first-order chi connectivity index (χ1) is 13.5. The standard InChI is InChI=1S/C22H25N3O3/c1-14(2)11-16-12-15(13-26)22(17-7-3-4-8-18(17)24-21(22)28)25(16)20(27)19-9-5-6-10-23-19/h3-10,14-16,26H,11-13H2,1-2H3,(H,24,28)/t15-,16-,22-/m0/s1. The fraction of sp³-hybridized carbons (Fsp3) is 0.409. The number of pyridine rings is 1. The molecule has 1 aromatic carbocycles. The maximum atomic E-state index is 13.6. The summed E-state index contributed by atoms with van der Waals surface area (Å²) >= 11 is 0. The van der Waals surface area contributed by atoms with E-state index in [1.54, 1.807) is 29.3 Å². The van der Waals surface area contributed by atoms with Crippen LogP contribution in [0.2, 0.25) is 0 Å². The molecule has 1 aromatic heterocycles. The Bertz CT molecular complexity index is 899. The van der Waals surface area contributed by atoms with Gasteiger partial charge in [0.05, 0.1) is 0 Å². The van der Waals surface area contributed by atoms with Crippen LogP contribution in [0.25, 0.3) is 0 Å². The lowest BCUT2D eigenvalue weighted by atomic mass is 9.79. The van der Waals surface area contributed by atoms with Crippen LogP contribution < -0.4 is 5.32 Å². The van der Waals surface area contributed by atoms with Gasteiger partial charge in [0.15, 0.2) is 5.54 Å². The molecule has 0 saturated carbocycles. The summed E-state index contributed by atoms with van der Waals surface area (Å²) in [5.74, 6) is -0.539. The molecule has 3 atom stereocenters. The fourth-order valence-corrected chi connectivity index (χ4v) is 4.89. The predicted octanol–water partition coefficient (Wildman–Crippen LogP) is 2.80. The van der Waals surface area contributed by atoms with Crippen molar-refractivity contribution in [3.8, 4) is 0 Å². The number of carbonyl (C=O) groups excluding carboxylic acids is 2. The van der Waals surface area contributed by atoms with Crippen molar-refractivity contribution in [1.82, 2.24) is 9.88 Å². The Morgan fingerprint density at radius 3 is 2.71 bits per heavy atom. The van der Waals surface area contributed by atoms with E-state index in [0.717, 1.165) is 12.0 Å². The van der Waals surface area contributed by atoms with Gasteiger partial charge in [-0.3, -0.25) is 14.6 Å². The molecule has 1 fully saturated rings. The largest absolute Gasteiger partial charge is 0.396 e. The second-order valence-corrected chi connectivity index (χ2v) is 8.05. The van der Waals surface area contributed by atoms with Gasteiger partial charge in [-0.15, -0.1) is 0 Å². The van der Waals surface area contributed by atoms with E-state index in [0.29, 0.717) is 23.7 Å². The van der Waals surface area contributed by atoms with Crippen LogP contribution in [0.3, 0.4) is 0 Å². The third kappa shape index (κ3) is 2.63. The maximum absolute atomic E-state index is 13.6. The maximum Gasteiger partial charge on any atom is 0.273 e. The highest BCUT2D eigenvalue weighted by Crippen LogP contribution is 2.53. The summed E-state index contributed by atoms with van der Waals surface area (Å²) in [5.41, 5.74) is 0.565. The first kappa shape index (κ1) is 18.6. The average molecular weight is 379 g/mol. The molecule has 2 aliphatic heterocycles. The van der Waals surface area contributed by atoms with Crippen molar-refractivity contribution in [2.45, 2.75) is 38.3 Å². The number of nitrogens with zero attached hydrogens (tertiary/aromatic N) is 2. The Hall–Kier alpha value is -2.73. The van der Waals surface area contributed by atoms with Gasteiger partial charge in [0.2, 0.25) is 0 Å². The molecule has 0 unspecified atom stereocenters. The summed E-state index contributed by atoms with van der Waals surface area (Å²) in [6.45, 7) is 4.04. The second-order valence-electron chi connectivity index (χ2n) is 8.05. The summed E-state index contributed by atoms with van der Waals surface area (Å²) in [6.07, 6.45) is 2.92. The number of amides is 2. The van der Waals surface area contributed by atoms with Crippen molar-refractivity contribution < 1.29 is 14.7 Å². The van der Waals surface area contributed by atoms with Gasteiger partial charge in [0.1, 0.15) is 5.69 Å². The molecule has 6 nitrogen and oxygen atoms in total. The molecule has 2 N–H and O–H groups in total. The lowest BCUT2D eigenvalue weighted by Crippen LogP contribution is -2.56. The smallest absolute Gasteiger partial charge is 0.273 e. The van der Waals surface area contributed by atoms with E-state index in [1.165, 1.54) is 0 Å². The van der Waals surface area contributed by atoms with Crippen molar-refractivity contribution in [3.05, 3.63) is 59.9 Å². The number of fused-ring (bicyclic) bond motifs is 2. The quantitative estimate of drug-likeness (QED) is 0.856. The van der Waals surface area contributed by atoms with Gasteiger partial charge >= 0.3 is 0 Å². The Kier molecular flexibility index (Phi) is 4.67. The van der Waals surface area contributed by atoms with Crippen LogP contribution in [0.15, 0.2) is 48.7 Å².